The Morgan fingerprint density at radius 3 is 2.41 bits per heavy atom. The highest BCUT2D eigenvalue weighted by Crippen LogP contribution is 2.44. The molecule has 2 aromatic rings. The zero-order valence-electron chi connectivity index (χ0n) is 36.8. The fraction of sp³-hybridized carbons (Fsp3) is 0.682. The lowest BCUT2D eigenvalue weighted by Crippen LogP contribution is -2.63. The molecule has 3 aliphatic heterocycles. The number of Topliss-reactive ketones (excluding diaryl/α,β-unsaturated/α-hetero) is 1. The molecule has 5 rings (SSSR count). The monoisotopic (exact) mass is 827 g/mol. The average molecular weight is 828 g/mol. The van der Waals surface area contributed by atoms with Crippen LogP contribution in [0.15, 0.2) is 42.6 Å². The second-order valence-electron chi connectivity index (χ2n) is 17.7. The van der Waals surface area contributed by atoms with Crippen LogP contribution in [-0.2, 0) is 33.3 Å². The number of benzene rings is 1. The molecule has 0 spiro atoms. The van der Waals surface area contributed by atoms with Crippen LogP contribution in [0.1, 0.15) is 80.7 Å². The smallest absolute Gasteiger partial charge is 0.425 e. The number of carbonyl (C=O) groups excluding carboxylic acids is 3. The minimum Gasteiger partial charge on any atom is -0.456 e. The summed E-state index contributed by atoms with van der Waals surface area (Å²) in [5.41, 5.74) is 2.88. The van der Waals surface area contributed by atoms with E-state index in [2.05, 4.69) is 4.98 Å². The van der Waals surface area contributed by atoms with Gasteiger partial charge < -0.3 is 39.4 Å². The van der Waals surface area contributed by atoms with Crippen molar-refractivity contribution in [3.63, 3.8) is 0 Å². The third kappa shape index (κ3) is 9.21. The summed E-state index contributed by atoms with van der Waals surface area (Å²) in [7, 11) is 5.44. The third-order valence-corrected chi connectivity index (χ3v) is 13.1. The van der Waals surface area contributed by atoms with Crippen molar-refractivity contribution in [2.45, 2.75) is 141 Å². The molecule has 3 aliphatic rings. The van der Waals surface area contributed by atoms with Gasteiger partial charge >= 0.3 is 12.1 Å². The topological polar surface area (TPSA) is 166 Å². The molecule has 14 nitrogen and oxygen atoms in total. The number of alkyl halides is 1. The molecule has 0 bridgehead atoms. The first-order valence-electron chi connectivity index (χ1n) is 20.8. The number of aliphatic hydroxyl groups is 1. The van der Waals surface area contributed by atoms with Crippen molar-refractivity contribution in [3.8, 4) is 0 Å². The van der Waals surface area contributed by atoms with Crippen LogP contribution in [0.4, 0.5) is 9.18 Å². The number of halogens is 1. The van der Waals surface area contributed by atoms with E-state index in [1.54, 1.807) is 32.1 Å². The number of fused-ring (bicyclic) bond motifs is 2. The van der Waals surface area contributed by atoms with Gasteiger partial charge in [-0.25, -0.2) is 24.0 Å². The molecule has 3 N–H and O–H groups in total. The van der Waals surface area contributed by atoms with Crippen LogP contribution in [0.5, 0.6) is 0 Å². The Balaban J connectivity index is 1.62. The molecule has 59 heavy (non-hydrogen) atoms. The van der Waals surface area contributed by atoms with E-state index < -0.39 is 83.2 Å². The van der Waals surface area contributed by atoms with Crippen molar-refractivity contribution >= 4 is 34.8 Å². The highest BCUT2D eigenvalue weighted by Gasteiger charge is 2.62. The molecule has 2 unspecified atom stereocenters. The van der Waals surface area contributed by atoms with Crippen LogP contribution in [0.25, 0.3) is 17.0 Å². The van der Waals surface area contributed by atoms with E-state index in [-0.39, 0.29) is 31.1 Å². The molecule has 1 aromatic heterocycles. The summed E-state index contributed by atoms with van der Waals surface area (Å²) in [4.78, 5) is 48.4. The van der Waals surface area contributed by atoms with Crippen molar-refractivity contribution < 1.29 is 47.6 Å². The van der Waals surface area contributed by atoms with Crippen LogP contribution < -0.4 is 5.73 Å². The van der Waals surface area contributed by atoms with E-state index in [4.69, 9.17) is 29.4 Å². The van der Waals surface area contributed by atoms with Crippen LogP contribution in [0.2, 0.25) is 0 Å². The quantitative estimate of drug-likeness (QED) is 0.252. The summed E-state index contributed by atoms with van der Waals surface area (Å²) in [6, 6.07) is 7.92. The summed E-state index contributed by atoms with van der Waals surface area (Å²) in [5.74, 6) is -4.76. The number of nitrogens with two attached hydrogens (primary N) is 1. The largest absolute Gasteiger partial charge is 0.456 e. The summed E-state index contributed by atoms with van der Waals surface area (Å²) in [6.07, 6.45) is 0.313. The van der Waals surface area contributed by atoms with Crippen LogP contribution >= 0.6 is 0 Å². The van der Waals surface area contributed by atoms with Gasteiger partial charge in [0.05, 0.1) is 36.0 Å². The fourth-order valence-corrected chi connectivity index (χ4v) is 9.31. The molecule has 0 saturated carbocycles. The Morgan fingerprint density at radius 1 is 1.07 bits per heavy atom. The van der Waals surface area contributed by atoms with Crippen molar-refractivity contribution in [3.05, 3.63) is 48.2 Å². The van der Waals surface area contributed by atoms with Crippen LogP contribution in [0.3, 0.4) is 0 Å². The molecule has 0 radical (unpaired) electrons. The van der Waals surface area contributed by atoms with E-state index in [9.17, 15) is 19.5 Å². The maximum atomic E-state index is 17.0. The molecule has 15 heteroatoms. The second-order valence-corrected chi connectivity index (χ2v) is 17.7. The molecular weight excluding hydrogens is 762 g/mol. The van der Waals surface area contributed by atoms with Crippen molar-refractivity contribution in [2.24, 2.45) is 23.5 Å². The summed E-state index contributed by atoms with van der Waals surface area (Å²) in [5, 5.41) is 15.8. The highest BCUT2D eigenvalue weighted by molar-refractivity contribution is 6.07. The number of cyclic esters (lactones) is 1. The van der Waals surface area contributed by atoms with E-state index >= 15 is 4.39 Å². The number of pyridine rings is 1. The standard InChI is InChI=1S/C44H66FN5O9/c1-13-49(12)50-36-27(4)34(46)25(2)24-42(7,55-22-16-17-30-20-21-47-32-19-15-14-18-31(30)32)38(58-39-35(51)33(48(10)11)23-26(3)56-39)28(5)37(52)43(8,45)40(53)57-29(6)44(36,9)59-41(50)54/h14-21,25-29,33-36,38-39,51H,13,22-24,46H2,1-12H3/b17-16+/t25-,26-,27+,28+,29-,33+,34?,35-,36-,38-,39+,42+,43?,44-/m1/s1. The number of hydrogen-bond acceptors (Lipinski definition) is 13. The Bertz CT molecular complexity index is 1840. The fourth-order valence-electron chi connectivity index (χ4n) is 9.31. The predicted molar refractivity (Wildman–Crippen MR) is 221 cm³/mol. The van der Waals surface area contributed by atoms with Gasteiger partial charge in [-0.15, -0.1) is 0 Å². The van der Waals surface area contributed by atoms with Gasteiger partial charge in [0.25, 0.3) is 5.67 Å². The van der Waals surface area contributed by atoms with E-state index in [0.29, 0.717) is 13.0 Å². The average Bonchev–Trinajstić information content (AvgIpc) is 3.47. The maximum absolute atomic E-state index is 17.0. The summed E-state index contributed by atoms with van der Waals surface area (Å²) < 4.78 is 48.6. The normalized spacial score (nSPS) is 39.1. The number of esters is 1. The molecular formula is C44H66FN5O9. The van der Waals surface area contributed by atoms with Crippen molar-refractivity contribution in [1.29, 1.82) is 0 Å². The molecule has 1 aromatic carbocycles. The molecule has 4 heterocycles. The van der Waals surface area contributed by atoms with Gasteiger partial charge in [-0.1, -0.05) is 58.0 Å². The number of rotatable bonds is 9. The van der Waals surface area contributed by atoms with Gasteiger partial charge in [0.15, 0.2) is 17.7 Å². The highest BCUT2D eigenvalue weighted by atomic mass is 19.1. The first-order chi connectivity index (χ1) is 27.6. The number of aliphatic hydroxyl groups excluding tert-OH is 1. The van der Waals surface area contributed by atoms with Gasteiger partial charge in [-0.3, -0.25) is 9.78 Å². The number of hydrogen-bond donors (Lipinski definition) is 2. The second kappa shape index (κ2) is 18.2. The van der Waals surface area contributed by atoms with Crippen molar-refractivity contribution in [1.82, 2.24) is 19.9 Å². The van der Waals surface area contributed by atoms with Crippen LogP contribution in [-0.4, -0.2) is 143 Å². The van der Waals surface area contributed by atoms with Gasteiger partial charge in [-0.05, 0) is 91.1 Å². The SMILES string of the molecule is CCN(C)N1C(=O)O[C@]2(C)[C@@H](C)OC(=O)C(C)(F)C(=O)[C@H](C)[C@@H](O[C@@H]3O[C@H](C)C[C@H](N(C)C)[C@H]3O)[C@@](C)(OC/C=C/c3ccnc4ccccc34)C[C@@H](C)C(N)[C@H](C)[C@@H]12. The lowest BCUT2D eigenvalue weighted by atomic mass is 9.72. The Hall–Kier alpha value is -3.57. The lowest BCUT2D eigenvalue weighted by Gasteiger charge is -2.48. The van der Waals surface area contributed by atoms with Gasteiger partial charge in [0.1, 0.15) is 12.2 Å². The van der Waals surface area contributed by atoms with Gasteiger partial charge in [0.2, 0.25) is 0 Å². The minimum atomic E-state index is -3.17. The third-order valence-electron chi connectivity index (χ3n) is 13.1. The zero-order chi connectivity index (χ0) is 43.8. The first-order valence-corrected chi connectivity index (χ1v) is 20.8. The van der Waals surface area contributed by atoms with Gasteiger partial charge in [0, 0.05) is 43.2 Å². The predicted octanol–water partition coefficient (Wildman–Crippen LogP) is 5.15. The first kappa shape index (κ1) is 46.5. The number of amides is 1. The summed E-state index contributed by atoms with van der Waals surface area (Å²) >= 11 is 0. The van der Waals surface area contributed by atoms with E-state index in [1.807, 2.05) is 89.2 Å². The number of ether oxygens (including phenoxy) is 5. The number of carbonyl (C=O) groups is 3. The van der Waals surface area contributed by atoms with E-state index in [1.165, 1.54) is 18.9 Å². The minimum absolute atomic E-state index is 0.0286. The number of nitrogens with zero attached hydrogens (tertiary/aromatic N) is 4. The van der Waals surface area contributed by atoms with Crippen LogP contribution in [0, 0.1) is 17.8 Å². The maximum Gasteiger partial charge on any atom is 0.425 e. The summed E-state index contributed by atoms with van der Waals surface area (Å²) in [6.45, 7) is 15.4. The number of ketones is 1. The lowest BCUT2D eigenvalue weighted by molar-refractivity contribution is -0.297. The molecule has 1 amide bonds. The van der Waals surface area contributed by atoms with Crippen molar-refractivity contribution in [2.75, 3.05) is 34.3 Å². The number of hydrazine groups is 1. The number of likely N-dealkylation sites (N-methyl/N-ethyl adjacent to an activating group) is 1. The van der Waals surface area contributed by atoms with E-state index in [0.717, 1.165) is 23.4 Å². The molecule has 3 fully saturated rings. The molecule has 14 atom stereocenters. The molecule has 328 valence electrons. The Labute approximate surface area is 348 Å². The number of aromatic nitrogens is 1. The molecule has 0 aliphatic carbocycles. The Kier molecular flexibility index (Phi) is 14.3. The molecule has 3 saturated heterocycles. The van der Waals surface area contributed by atoms with Gasteiger partial charge in [-0.2, -0.15) is 0 Å². The zero-order valence-corrected chi connectivity index (χ0v) is 36.8. The number of para-hydroxylation sites is 1. The Morgan fingerprint density at radius 2 is 1.75 bits per heavy atom.